The van der Waals surface area contributed by atoms with E-state index in [9.17, 15) is 0 Å². The quantitative estimate of drug-likeness (QED) is 0.426. The first-order valence-corrected chi connectivity index (χ1v) is 9.10. The van der Waals surface area contributed by atoms with E-state index in [1.54, 1.807) is 11.3 Å². The van der Waals surface area contributed by atoms with Gasteiger partial charge in [-0.2, -0.15) is 0 Å². The number of aromatic nitrogens is 1. The van der Waals surface area contributed by atoms with Crippen molar-refractivity contribution in [2.45, 2.75) is 45.3 Å². The van der Waals surface area contributed by atoms with Gasteiger partial charge in [-0.25, -0.2) is 4.98 Å². The normalized spacial score (nSPS) is 19.6. The van der Waals surface area contributed by atoms with Crippen molar-refractivity contribution in [1.29, 1.82) is 0 Å². The van der Waals surface area contributed by atoms with Crippen molar-refractivity contribution in [2.75, 3.05) is 26.7 Å². The zero-order valence-electron chi connectivity index (χ0n) is 14.0. The van der Waals surface area contributed by atoms with E-state index >= 15 is 0 Å². The minimum Gasteiger partial charge on any atom is -0.378 e. The summed E-state index contributed by atoms with van der Waals surface area (Å²) >= 11 is 1.70. The minimum atomic E-state index is 0. The van der Waals surface area contributed by atoms with Gasteiger partial charge >= 0.3 is 0 Å². The lowest BCUT2D eigenvalue weighted by Gasteiger charge is -2.34. The summed E-state index contributed by atoms with van der Waals surface area (Å²) in [6, 6.07) is 0. The molecule has 1 saturated heterocycles. The van der Waals surface area contributed by atoms with Crippen molar-refractivity contribution < 1.29 is 4.74 Å². The molecule has 0 unspecified atom stereocenters. The third kappa shape index (κ3) is 5.86. The Kier molecular flexibility index (Phi) is 7.55. The molecule has 0 amide bonds. The number of hydrogen-bond donors (Lipinski definition) is 1. The smallest absolute Gasteiger partial charge is 0.193 e. The van der Waals surface area contributed by atoms with Crippen molar-refractivity contribution >= 4 is 41.3 Å². The first-order valence-electron chi connectivity index (χ1n) is 8.23. The van der Waals surface area contributed by atoms with Crippen molar-refractivity contribution in [2.24, 2.45) is 10.9 Å². The number of guanidine groups is 1. The Morgan fingerprint density at radius 2 is 2.13 bits per heavy atom. The standard InChI is InChI=1S/C16H26N4OS.HI/c1-12-11-22-15(19-12)9-18-16(17-2)20-7-5-14(6-8-20)21-10-13-3-4-13;/h11,13-14H,3-10H2,1-2H3,(H,17,18);1H. The summed E-state index contributed by atoms with van der Waals surface area (Å²) < 4.78 is 6.01. The highest BCUT2D eigenvalue weighted by molar-refractivity contribution is 14.0. The average Bonchev–Trinajstić information content (AvgIpc) is 3.28. The van der Waals surface area contributed by atoms with Crippen molar-refractivity contribution in [1.82, 2.24) is 15.2 Å². The van der Waals surface area contributed by atoms with Crippen LogP contribution in [0.25, 0.3) is 0 Å². The SMILES string of the molecule is CN=C(NCc1nc(C)cs1)N1CCC(OCC2CC2)CC1.I. The van der Waals surface area contributed by atoms with E-state index in [1.807, 2.05) is 14.0 Å². The Hall–Kier alpha value is -0.410. The average molecular weight is 450 g/mol. The number of rotatable bonds is 5. The van der Waals surface area contributed by atoms with Gasteiger partial charge in [-0.3, -0.25) is 4.99 Å². The van der Waals surface area contributed by atoms with Gasteiger partial charge in [-0.05, 0) is 38.5 Å². The van der Waals surface area contributed by atoms with Crippen LogP contribution < -0.4 is 5.32 Å². The highest BCUT2D eigenvalue weighted by atomic mass is 127. The van der Waals surface area contributed by atoms with Crippen LogP contribution in [0.1, 0.15) is 36.4 Å². The number of piperidine rings is 1. The van der Waals surface area contributed by atoms with Crippen molar-refractivity contribution in [3.05, 3.63) is 16.1 Å². The number of halogens is 1. The molecule has 1 saturated carbocycles. The predicted octanol–water partition coefficient (Wildman–Crippen LogP) is 3.04. The number of ether oxygens (including phenoxy) is 1. The van der Waals surface area contributed by atoms with Crippen molar-refractivity contribution in [3.63, 3.8) is 0 Å². The highest BCUT2D eigenvalue weighted by Gasteiger charge is 2.26. The van der Waals surface area contributed by atoms with Crippen LogP contribution in [0.3, 0.4) is 0 Å². The monoisotopic (exact) mass is 450 g/mol. The van der Waals surface area contributed by atoms with Crippen molar-refractivity contribution in [3.8, 4) is 0 Å². The fourth-order valence-electron chi connectivity index (χ4n) is 2.76. The molecular formula is C16H27IN4OS. The Bertz CT molecular complexity index is 510. The van der Waals surface area contributed by atoms with Gasteiger partial charge in [0.25, 0.3) is 0 Å². The van der Waals surface area contributed by atoms with Crippen LogP contribution in [0.15, 0.2) is 10.4 Å². The number of hydrogen-bond acceptors (Lipinski definition) is 4. The maximum absolute atomic E-state index is 6.01. The number of likely N-dealkylation sites (tertiary alicyclic amines) is 1. The lowest BCUT2D eigenvalue weighted by molar-refractivity contribution is 0.0131. The van der Waals surface area contributed by atoms with Gasteiger partial charge in [0.05, 0.1) is 12.6 Å². The Balaban J connectivity index is 0.00000192. The summed E-state index contributed by atoms with van der Waals surface area (Å²) in [4.78, 5) is 11.2. The Morgan fingerprint density at radius 1 is 1.39 bits per heavy atom. The molecule has 1 aromatic rings. The summed E-state index contributed by atoms with van der Waals surface area (Å²) in [5.74, 6) is 1.84. The van der Waals surface area contributed by atoms with Gasteiger partial charge in [0.15, 0.2) is 5.96 Å². The van der Waals surface area contributed by atoms with Crippen LogP contribution >= 0.6 is 35.3 Å². The summed E-state index contributed by atoms with van der Waals surface area (Å²) in [5, 5.41) is 6.62. The van der Waals surface area contributed by atoms with Crippen LogP contribution in [0.2, 0.25) is 0 Å². The molecule has 1 aromatic heterocycles. The Morgan fingerprint density at radius 3 is 2.70 bits per heavy atom. The van der Waals surface area contributed by atoms with Gasteiger partial charge < -0.3 is 15.0 Å². The number of aryl methyl sites for hydroxylation is 1. The molecule has 5 nitrogen and oxygen atoms in total. The second kappa shape index (κ2) is 9.17. The predicted molar refractivity (Wildman–Crippen MR) is 106 cm³/mol. The fraction of sp³-hybridized carbons (Fsp3) is 0.750. The number of thiazole rings is 1. The molecule has 2 aliphatic rings. The molecule has 1 N–H and O–H groups in total. The first-order chi connectivity index (χ1) is 10.7. The molecule has 0 bridgehead atoms. The van der Waals surface area contributed by atoms with E-state index in [0.717, 1.165) is 61.7 Å². The van der Waals surface area contributed by atoms with Gasteiger partial charge in [0.1, 0.15) is 5.01 Å². The summed E-state index contributed by atoms with van der Waals surface area (Å²) in [5.41, 5.74) is 1.09. The Labute approximate surface area is 159 Å². The molecule has 0 aromatic carbocycles. The molecule has 0 spiro atoms. The third-order valence-electron chi connectivity index (χ3n) is 4.28. The van der Waals surface area contributed by atoms with Crippen LogP contribution in [0.4, 0.5) is 0 Å². The number of aliphatic imine (C=N–C) groups is 1. The molecule has 7 heteroatoms. The molecule has 3 rings (SSSR count). The van der Waals surface area contributed by atoms with E-state index in [0.29, 0.717) is 6.10 Å². The topological polar surface area (TPSA) is 49.8 Å². The third-order valence-corrected chi connectivity index (χ3v) is 5.25. The van der Waals surface area contributed by atoms with Gasteiger partial charge in [0, 0.05) is 37.8 Å². The van der Waals surface area contributed by atoms with Gasteiger partial charge in [-0.1, -0.05) is 0 Å². The first kappa shape index (κ1) is 18.9. The van der Waals surface area contributed by atoms with Crippen LogP contribution in [-0.4, -0.2) is 48.7 Å². The largest absolute Gasteiger partial charge is 0.378 e. The highest BCUT2D eigenvalue weighted by Crippen LogP contribution is 2.30. The zero-order valence-corrected chi connectivity index (χ0v) is 17.1. The number of nitrogens with one attached hydrogen (secondary N) is 1. The molecule has 1 aliphatic heterocycles. The summed E-state index contributed by atoms with van der Waals surface area (Å²) in [7, 11) is 1.85. The molecular weight excluding hydrogens is 423 g/mol. The molecule has 0 radical (unpaired) electrons. The van der Waals surface area contributed by atoms with E-state index in [1.165, 1.54) is 12.8 Å². The molecule has 1 aliphatic carbocycles. The lowest BCUT2D eigenvalue weighted by atomic mass is 10.1. The van der Waals surface area contributed by atoms with Gasteiger partial charge in [-0.15, -0.1) is 35.3 Å². The van der Waals surface area contributed by atoms with Gasteiger partial charge in [0.2, 0.25) is 0 Å². The molecule has 23 heavy (non-hydrogen) atoms. The van der Waals surface area contributed by atoms with Crippen LogP contribution in [-0.2, 0) is 11.3 Å². The van der Waals surface area contributed by atoms with Crippen LogP contribution in [0.5, 0.6) is 0 Å². The summed E-state index contributed by atoms with van der Waals surface area (Å²) in [6.45, 7) is 5.80. The second-order valence-electron chi connectivity index (χ2n) is 6.25. The maximum Gasteiger partial charge on any atom is 0.193 e. The zero-order chi connectivity index (χ0) is 15.4. The maximum atomic E-state index is 6.01. The van der Waals surface area contributed by atoms with E-state index in [4.69, 9.17) is 4.74 Å². The van der Waals surface area contributed by atoms with Crippen LogP contribution in [0, 0.1) is 12.8 Å². The number of nitrogens with zero attached hydrogens (tertiary/aromatic N) is 3. The molecule has 2 fully saturated rings. The van der Waals surface area contributed by atoms with E-state index in [-0.39, 0.29) is 24.0 Å². The minimum absolute atomic E-state index is 0. The molecule has 0 atom stereocenters. The fourth-order valence-corrected chi connectivity index (χ4v) is 3.47. The van der Waals surface area contributed by atoms with E-state index in [2.05, 4.69) is 25.6 Å². The summed E-state index contributed by atoms with van der Waals surface area (Å²) in [6.07, 6.45) is 5.38. The lowest BCUT2D eigenvalue weighted by Crippen LogP contribution is -2.46. The second-order valence-corrected chi connectivity index (χ2v) is 7.19. The molecule has 2 heterocycles. The molecule has 130 valence electrons. The van der Waals surface area contributed by atoms with E-state index < -0.39 is 0 Å².